The Bertz CT molecular complexity index is 1240. The summed E-state index contributed by atoms with van der Waals surface area (Å²) in [5, 5.41) is 10.8. The molecule has 0 saturated heterocycles. The van der Waals surface area contributed by atoms with Crippen LogP contribution in [0, 0.1) is 5.92 Å². The van der Waals surface area contributed by atoms with Crippen molar-refractivity contribution in [1.82, 2.24) is 10.4 Å². The molecule has 2 amide bonds. The Labute approximate surface area is 205 Å². The van der Waals surface area contributed by atoms with Crippen LogP contribution in [0.1, 0.15) is 42.5 Å². The van der Waals surface area contributed by atoms with Crippen molar-refractivity contribution in [3.8, 4) is 5.75 Å². The van der Waals surface area contributed by atoms with E-state index in [1.54, 1.807) is 30.3 Å². The predicted molar refractivity (Wildman–Crippen MR) is 137 cm³/mol. The Hall–Kier alpha value is -4.19. The van der Waals surface area contributed by atoms with Gasteiger partial charge in [-0.3, -0.25) is 15.0 Å². The van der Waals surface area contributed by atoms with Gasteiger partial charge in [-0.05, 0) is 53.7 Å². The van der Waals surface area contributed by atoms with Gasteiger partial charge in [-0.25, -0.2) is 10.0 Å². The second kappa shape index (κ2) is 10.8. The van der Waals surface area contributed by atoms with Crippen LogP contribution in [-0.2, 0) is 22.4 Å². The van der Waals surface area contributed by atoms with Crippen molar-refractivity contribution in [2.75, 3.05) is 0 Å². The number of hydrogen-bond acceptors (Lipinski definition) is 4. The largest absolute Gasteiger partial charge is 0.508 e. The third kappa shape index (κ3) is 6.23. The molecule has 0 aromatic heterocycles. The maximum atomic E-state index is 13.2. The van der Waals surface area contributed by atoms with Crippen molar-refractivity contribution in [1.29, 1.82) is 0 Å². The molecule has 35 heavy (non-hydrogen) atoms. The van der Waals surface area contributed by atoms with Gasteiger partial charge in [-0.1, -0.05) is 80.6 Å². The molecule has 1 aliphatic heterocycles. The van der Waals surface area contributed by atoms with Gasteiger partial charge >= 0.3 is 0 Å². The molecule has 4 rings (SSSR count). The Morgan fingerprint density at radius 3 is 2.29 bits per heavy atom. The molecule has 0 saturated carbocycles. The van der Waals surface area contributed by atoms with E-state index in [0.717, 1.165) is 17.5 Å². The van der Waals surface area contributed by atoms with E-state index < -0.39 is 5.91 Å². The van der Waals surface area contributed by atoms with Crippen LogP contribution >= 0.6 is 0 Å². The minimum Gasteiger partial charge on any atom is -0.508 e. The zero-order chi connectivity index (χ0) is 24.8. The van der Waals surface area contributed by atoms with Crippen LogP contribution in [0.5, 0.6) is 5.75 Å². The third-order valence-electron chi connectivity index (χ3n) is 5.66. The van der Waals surface area contributed by atoms with E-state index in [9.17, 15) is 14.7 Å². The van der Waals surface area contributed by atoms with Gasteiger partial charge in [0.15, 0.2) is 5.84 Å². The molecular formula is C29H29N3O3. The number of amides is 2. The third-order valence-corrected chi connectivity index (χ3v) is 5.66. The topological polar surface area (TPSA) is 82.0 Å². The van der Waals surface area contributed by atoms with E-state index in [-0.39, 0.29) is 23.8 Å². The number of hydrazine groups is 1. The van der Waals surface area contributed by atoms with Crippen LogP contribution in [0.25, 0.3) is 6.08 Å². The Morgan fingerprint density at radius 1 is 0.971 bits per heavy atom. The van der Waals surface area contributed by atoms with Crippen LogP contribution in [0.15, 0.2) is 89.6 Å². The molecule has 0 radical (unpaired) electrons. The number of aryl methyl sites for hydroxylation is 1. The number of aromatic hydroxyl groups is 1. The van der Waals surface area contributed by atoms with Crippen molar-refractivity contribution < 1.29 is 14.7 Å². The average Bonchev–Trinajstić information content (AvgIpc) is 2.86. The summed E-state index contributed by atoms with van der Waals surface area (Å²) in [6.45, 7) is 4.38. The van der Waals surface area contributed by atoms with Gasteiger partial charge < -0.3 is 5.11 Å². The molecule has 0 aliphatic carbocycles. The highest BCUT2D eigenvalue weighted by Gasteiger charge is 2.29. The minimum absolute atomic E-state index is 0.139. The normalized spacial score (nSPS) is 14.7. The first-order chi connectivity index (χ1) is 16.9. The molecule has 3 aromatic carbocycles. The van der Waals surface area contributed by atoms with Gasteiger partial charge in [-0.2, -0.15) is 0 Å². The van der Waals surface area contributed by atoms with Gasteiger partial charge in [0.05, 0.1) is 0 Å². The lowest BCUT2D eigenvalue weighted by Crippen LogP contribution is -2.53. The number of carbonyl (C=O) groups excluding carboxylic acids is 2. The van der Waals surface area contributed by atoms with Crippen LogP contribution in [0.4, 0.5) is 0 Å². The fourth-order valence-corrected chi connectivity index (χ4v) is 3.89. The number of amidine groups is 1. The monoisotopic (exact) mass is 467 g/mol. The van der Waals surface area contributed by atoms with E-state index in [4.69, 9.17) is 0 Å². The summed E-state index contributed by atoms with van der Waals surface area (Å²) in [6, 6.07) is 24.1. The molecule has 0 fully saturated rings. The van der Waals surface area contributed by atoms with Crippen molar-refractivity contribution in [3.05, 3.63) is 107 Å². The number of phenolic OH excluding ortho intramolecular Hbond substituents is 1. The molecule has 6 heteroatoms. The molecule has 2 N–H and O–H groups in total. The molecule has 3 aromatic rings. The average molecular weight is 468 g/mol. The first-order valence-electron chi connectivity index (χ1n) is 11.8. The van der Waals surface area contributed by atoms with Crippen molar-refractivity contribution in [3.63, 3.8) is 0 Å². The first kappa shape index (κ1) is 24.0. The summed E-state index contributed by atoms with van der Waals surface area (Å²) < 4.78 is 0. The zero-order valence-electron chi connectivity index (χ0n) is 19.9. The number of benzene rings is 3. The van der Waals surface area contributed by atoms with Crippen molar-refractivity contribution in [2.24, 2.45) is 10.9 Å². The minimum atomic E-state index is -0.468. The Morgan fingerprint density at radius 2 is 1.63 bits per heavy atom. The van der Waals surface area contributed by atoms with Crippen LogP contribution in [0.3, 0.4) is 0 Å². The predicted octanol–water partition coefficient (Wildman–Crippen LogP) is 4.88. The number of aliphatic imine (C=N–C) groups is 1. The summed E-state index contributed by atoms with van der Waals surface area (Å²) in [7, 11) is 0. The number of carbonyl (C=O) groups is 2. The fraction of sp³-hybridized carbons (Fsp3) is 0.207. The molecule has 0 atom stereocenters. The molecule has 0 unspecified atom stereocenters. The van der Waals surface area contributed by atoms with Crippen LogP contribution in [0.2, 0.25) is 0 Å². The van der Waals surface area contributed by atoms with Crippen LogP contribution < -0.4 is 5.43 Å². The van der Waals surface area contributed by atoms with E-state index in [1.807, 2.05) is 30.3 Å². The molecular weight excluding hydrogens is 438 g/mol. The SMILES string of the molecule is CC(C)Cc1ccc(CCC(=O)N2NC(=O)/C(=C\c3ccc(O)cc3)N=C2c2ccccc2)cc1. The Kier molecular flexibility index (Phi) is 7.41. The number of phenols is 1. The van der Waals surface area contributed by atoms with Gasteiger partial charge in [0.1, 0.15) is 11.4 Å². The summed E-state index contributed by atoms with van der Waals surface area (Å²) in [4.78, 5) is 30.6. The Balaban J connectivity index is 1.55. The number of hydrogen-bond donors (Lipinski definition) is 2. The van der Waals surface area contributed by atoms with E-state index in [2.05, 4.69) is 48.5 Å². The summed E-state index contributed by atoms with van der Waals surface area (Å²) in [6.07, 6.45) is 3.44. The number of nitrogens with zero attached hydrogens (tertiary/aromatic N) is 2. The molecule has 0 spiro atoms. The highest BCUT2D eigenvalue weighted by Crippen LogP contribution is 2.19. The van der Waals surface area contributed by atoms with Crippen molar-refractivity contribution >= 4 is 23.7 Å². The van der Waals surface area contributed by atoms with Gasteiger partial charge in [0.2, 0.25) is 5.91 Å². The maximum absolute atomic E-state index is 13.2. The summed E-state index contributed by atoms with van der Waals surface area (Å²) in [5.74, 6) is 0.390. The van der Waals surface area contributed by atoms with E-state index in [1.165, 1.54) is 10.6 Å². The van der Waals surface area contributed by atoms with Gasteiger partial charge in [0, 0.05) is 12.0 Å². The number of nitrogens with one attached hydrogen (secondary N) is 1. The second-order valence-electron chi connectivity index (χ2n) is 9.01. The van der Waals surface area contributed by atoms with Crippen molar-refractivity contribution in [2.45, 2.75) is 33.1 Å². The quantitative estimate of drug-likeness (QED) is 0.486. The lowest BCUT2D eigenvalue weighted by molar-refractivity contribution is -0.135. The molecule has 0 bridgehead atoms. The van der Waals surface area contributed by atoms with E-state index >= 15 is 0 Å². The molecule has 1 heterocycles. The zero-order valence-corrected chi connectivity index (χ0v) is 19.9. The highest BCUT2D eigenvalue weighted by molar-refractivity contribution is 6.15. The lowest BCUT2D eigenvalue weighted by Gasteiger charge is -2.29. The molecule has 6 nitrogen and oxygen atoms in total. The highest BCUT2D eigenvalue weighted by atomic mass is 16.3. The second-order valence-corrected chi connectivity index (χ2v) is 9.01. The smallest absolute Gasteiger partial charge is 0.288 e. The standard InChI is InChI=1S/C29H29N3O3/c1-20(2)18-22-10-8-21(9-11-22)14-17-27(34)32-28(24-6-4-3-5-7-24)30-26(29(35)31-32)19-23-12-15-25(33)16-13-23/h3-13,15-16,19-20,33H,14,17-18H2,1-2H3,(H,31,35)/b26-19+. The summed E-state index contributed by atoms with van der Waals surface area (Å²) >= 11 is 0. The molecule has 178 valence electrons. The lowest BCUT2D eigenvalue weighted by atomic mass is 10.0. The van der Waals surface area contributed by atoms with Gasteiger partial charge in [-0.15, -0.1) is 0 Å². The van der Waals surface area contributed by atoms with Crippen LogP contribution in [-0.4, -0.2) is 27.8 Å². The first-order valence-corrected chi connectivity index (χ1v) is 11.8. The summed E-state index contributed by atoms with van der Waals surface area (Å²) in [5.41, 5.74) is 6.67. The van der Waals surface area contributed by atoms with E-state index in [0.29, 0.717) is 23.7 Å². The number of rotatable bonds is 7. The van der Waals surface area contributed by atoms with Gasteiger partial charge in [0.25, 0.3) is 5.91 Å². The fourth-order valence-electron chi connectivity index (χ4n) is 3.89. The molecule has 1 aliphatic rings. The maximum Gasteiger partial charge on any atom is 0.288 e.